The van der Waals surface area contributed by atoms with E-state index in [1.807, 2.05) is 4.90 Å². The first-order chi connectivity index (χ1) is 8.61. The van der Waals surface area contributed by atoms with Crippen LogP contribution in [0.3, 0.4) is 0 Å². The van der Waals surface area contributed by atoms with Crippen molar-refractivity contribution in [3.8, 4) is 6.07 Å². The fourth-order valence-corrected chi connectivity index (χ4v) is 2.58. The van der Waals surface area contributed by atoms with E-state index in [1.165, 1.54) is 0 Å². The van der Waals surface area contributed by atoms with Crippen molar-refractivity contribution in [2.75, 3.05) is 13.1 Å². The minimum atomic E-state index is 0.0263. The lowest BCUT2D eigenvalue weighted by Crippen LogP contribution is -2.43. The van der Waals surface area contributed by atoms with E-state index in [1.54, 1.807) is 24.3 Å². The number of amides is 1. The van der Waals surface area contributed by atoms with Crippen molar-refractivity contribution in [2.45, 2.75) is 18.2 Å². The minimum Gasteiger partial charge on any atom is -0.338 e. The summed E-state index contributed by atoms with van der Waals surface area (Å²) >= 11 is 3.63. The summed E-state index contributed by atoms with van der Waals surface area (Å²) in [7, 11) is 0. The number of nitriles is 1. The lowest BCUT2D eigenvalue weighted by Gasteiger charge is -2.34. The summed E-state index contributed by atoms with van der Waals surface area (Å²) in [6.07, 6.45) is 0.977. The Hall–Kier alpha value is -1.34. The van der Waals surface area contributed by atoms with Gasteiger partial charge in [-0.05, 0) is 30.5 Å². The van der Waals surface area contributed by atoms with Crippen LogP contribution in [0.1, 0.15) is 29.3 Å². The standard InChI is InChI=1S/C14H15BrN2O/c1-10-9-17(6-5-13(10)15)14(18)12-4-2-3-11(7-12)8-16/h2-4,7,10,13H,5-6,9H2,1H3. The molecular weight excluding hydrogens is 292 g/mol. The lowest BCUT2D eigenvalue weighted by atomic mass is 9.99. The van der Waals surface area contributed by atoms with E-state index in [0.29, 0.717) is 21.9 Å². The SMILES string of the molecule is CC1CN(C(=O)c2cccc(C#N)c2)CCC1Br. The molecule has 0 spiro atoms. The normalized spacial score (nSPS) is 23.5. The number of piperidine rings is 1. The zero-order chi connectivity index (χ0) is 13.1. The van der Waals surface area contributed by atoms with Gasteiger partial charge in [0.1, 0.15) is 0 Å². The Morgan fingerprint density at radius 3 is 3.00 bits per heavy atom. The molecule has 0 N–H and O–H groups in total. The Labute approximate surface area is 116 Å². The van der Waals surface area contributed by atoms with Gasteiger partial charge in [0.05, 0.1) is 11.6 Å². The highest BCUT2D eigenvalue weighted by Crippen LogP contribution is 2.24. The summed E-state index contributed by atoms with van der Waals surface area (Å²) in [4.78, 5) is 14.7. The van der Waals surface area contributed by atoms with Gasteiger partial charge < -0.3 is 4.90 Å². The number of carbonyl (C=O) groups excluding carboxylic acids is 1. The smallest absolute Gasteiger partial charge is 0.253 e. The molecule has 0 bridgehead atoms. The molecule has 1 heterocycles. The monoisotopic (exact) mass is 306 g/mol. The zero-order valence-electron chi connectivity index (χ0n) is 10.3. The summed E-state index contributed by atoms with van der Waals surface area (Å²) < 4.78 is 0. The molecule has 3 nitrogen and oxygen atoms in total. The van der Waals surface area contributed by atoms with Gasteiger partial charge in [0.25, 0.3) is 5.91 Å². The molecule has 1 fully saturated rings. The average molecular weight is 307 g/mol. The van der Waals surface area contributed by atoms with Crippen molar-refractivity contribution < 1.29 is 4.79 Å². The van der Waals surface area contributed by atoms with Gasteiger partial charge >= 0.3 is 0 Å². The first-order valence-corrected chi connectivity index (χ1v) is 6.97. The molecule has 0 aliphatic carbocycles. The molecule has 1 aliphatic heterocycles. The molecule has 94 valence electrons. The van der Waals surface area contributed by atoms with Crippen LogP contribution < -0.4 is 0 Å². The van der Waals surface area contributed by atoms with Gasteiger partial charge in [0.15, 0.2) is 0 Å². The molecule has 1 aliphatic rings. The van der Waals surface area contributed by atoms with Crippen LogP contribution in [-0.4, -0.2) is 28.7 Å². The molecular formula is C14H15BrN2O. The van der Waals surface area contributed by atoms with Crippen LogP contribution in [0.15, 0.2) is 24.3 Å². The van der Waals surface area contributed by atoms with Gasteiger partial charge in [-0.1, -0.05) is 28.9 Å². The van der Waals surface area contributed by atoms with E-state index in [0.717, 1.165) is 19.5 Å². The Kier molecular flexibility index (Phi) is 4.03. The highest BCUT2D eigenvalue weighted by Gasteiger charge is 2.27. The Morgan fingerprint density at radius 1 is 1.56 bits per heavy atom. The molecule has 2 unspecified atom stereocenters. The van der Waals surface area contributed by atoms with E-state index in [2.05, 4.69) is 28.9 Å². The number of nitrogens with zero attached hydrogens (tertiary/aromatic N) is 2. The number of hydrogen-bond donors (Lipinski definition) is 0. The number of halogens is 1. The largest absolute Gasteiger partial charge is 0.338 e. The molecule has 0 radical (unpaired) electrons. The summed E-state index contributed by atoms with van der Waals surface area (Å²) in [5.41, 5.74) is 1.14. The van der Waals surface area contributed by atoms with Gasteiger partial charge in [0, 0.05) is 23.5 Å². The van der Waals surface area contributed by atoms with Crippen LogP contribution in [0.25, 0.3) is 0 Å². The van der Waals surface area contributed by atoms with Crippen molar-refractivity contribution in [2.24, 2.45) is 5.92 Å². The predicted octanol–water partition coefficient (Wildman–Crippen LogP) is 2.80. The second kappa shape index (κ2) is 5.53. The van der Waals surface area contributed by atoms with Gasteiger partial charge in [0.2, 0.25) is 0 Å². The van der Waals surface area contributed by atoms with Crippen molar-refractivity contribution in [1.82, 2.24) is 4.90 Å². The second-order valence-electron chi connectivity index (χ2n) is 4.73. The van der Waals surface area contributed by atoms with Crippen LogP contribution in [0, 0.1) is 17.2 Å². The molecule has 4 heteroatoms. The van der Waals surface area contributed by atoms with Crippen molar-refractivity contribution in [1.29, 1.82) is 5.26 Å². The Bertz CT molecular complexity index is 495. The second-order valence-corrected chi connectivity index (χ2v) is 5.90. The molecule has 18 heavy (non-hydrogen) atoms. The van der Waals surface area contributed by atoms with Crippen LogP contribution in [-0.2, 0) is 0 Å². The number of hydrogen-bond acceptors (Lipinski definition) is 2. The van der Waals surface area contributed by atoms with Gasteiger partial charge in [-0.2, -0.15) is 5.26 Å². The van der Waals surface area contributed by atoms with E-state index in [-0.39, 0.29) is 5.91 Å². The van der Waals surface area contributed by atoms with Crippen LogP contribution in [0.2, 0.25) is 0 Å². The van der Waals surface area contributed by atoms with Crippen molar-refractivity contribution >= 4 is 21.8 Å². The number of alkyl halides is 1. The Balaban J connectivity index is 2.14. The number of rotatable bonds is 1. The highest BCUT2D eigenvalue weighted by molar-refractivity contribution is 9.09. The van der Waals surface area contributed by atoms with Gasteiger partial charge in [-0.25, -0.2) is 0 Å². The molecule has 0 aromatic heterocycles. The average Bonchev–Trinajstić information content (AvgIpc) is 2.41. The topological polar surface area (TPSA) is 44.1 Å². The van der Waals surface area contributed by atoms with Gasteiger partial charge in [-0.3, -0.25) is 4.79 Å². The number of carbonyl (C=O) groups is 1. The van der Waals surface area contributed by atoms with Crippen LogP contribution in [0.5, 0.6) is 0 Å². The van der Waals surface area contributed by atoms with Crippen LogP contribution >= 0.6 is 15.9 Å². The molecule has 1 amide bonds. The predicted molar refractivity (Wildman–Crippen MR) is 73.6 cm³/mol. The van der Waals surface area contributed by atoms with E-state index < -0.39 is 0 Å². The van der Waals surface area contributed by atoms with Crippen LogP contribution in [0.4, 0.5) is 0 Å². The van der Waals surface area contributed by atoms with E-state index in [9.17, 15) is 4.79 Å². The molecule has 1 aromatic rings. The third-order valence-electron chi connectivity index (χ3n) is 3.33. The first-order valence-electron chi connectivity index (χ1n) is 6.05. The van der Waals surface area contributed by atoms with Crippen molar-refractivity contribution in [3.63, 3.8) is 0 Å². The van der Waals surface area contributed by atoms with Gasteiger partial charge in [-0.15, -0.1) is 0 Å². The zero-order valence-corrected chi connectivity index (χ0v) is 11.9. The maximum Gasteiger partial charge on any atom is 0.253 e. The molecule has 2 rings (SSSR count). The van der Waals surface area contributed by atoms with E-state index >= 15 is 0 Å². The van der Waals surface area contributed by atoms with Crippen molar-refractivity contribution in [3.05, 3.63) is 35.4 Å². The number of likely N-dealkylation sites (tertiary alicyclic amines) is 1. The minimum absolute atomic E-state index is 0.0263. The molecule has 2 atom stereocenters. The lowest BCUT2D eigenvalue weighted by molar-refractivity contribution is 0.0690. The third kappa shape index (κ3) is 2.73. The summed E-state index contributed by atoms with van der Waals surface area (Å²) in [5.74, 6) is 0.486. The highest BCUT2D eigenvalue weighted by atomic mass is 79.9. The summed E-state index contributed by atoms with van der Waals surface area (Å²) in [6, 6.07) is 8.96. The maximum absolute atomic E-state index is 12.3. The fraction of sp³-hybridized carbons (Fsp3) is 0.429. The molecule has 1 aromatic carbocycles. The number of benzene rings is 1. The fourth-order valence-electron chi connectivity index (χ4n) is 2.21. The third-order valence-corrected chi connectivity index (χ3v) is 4.69. The molecule has 0 saturated carbocycles. The Morgan fingerprint density at radius 2 is 2.33 bits per heavy atom. The first kappa shape index (κ1) is 13.1. The summed E-state index contributed by atoms with van der Waals surface area (Å²) in [5, 5.41) is 8.85. The quantitative estimate of drug-likeness (QED) is 0.749. The maximum atomic E-state index is 12.3. The summed E-state index contributed by atoms with van der Waals surface area (Å²) in [6.45, 7) is 3.69. The van der Waals surface area contributed by atoms with E-state index in [4.69, 9.17) is 5.26 Å². The molecule has 1 saturated heterocycles.